The van der Waals surface area contributed by atoms with E-state index in [1.807, 2.05) is 10.1 Å². The summed E-state index contributed by atoms with van der Waals surface area (Å²) < 4.78 is 15.9. The van der Waals surface area contributed by atoms with Gasteiger partial charge in [0.15, 0.2) is 12.1 Å². The number of H-pyrrole nitrogens is 2. The molecule has 1 saturated heterocycles. The lowest BCUT2D eigenvalue weighted by Gasteiger charge is -2.29. The number of cyclic esters (lactones) is 2. The molecule has 0 aliphatic carbocycles. The first-order valence-electron chi connectivity index (χ1n) is 9.62. The van der Waals surface area contributed by atoms with Crippen LogP contribution < -0.4 is 16.6 Å². The molecule has 2 rings (SSSR count). The Morgan fingerprint density at radius 2 is 1.90 bits per heavy atom. The van der Waals surface area contributed by atoms with Crippen molar-refractivity contribution in [2.24, 2.45) is 11.8 Å². The van der Waals surface area contributed by atoms with E-state index in [0.29, 0.717) is 0 Å². The summed E-state index contributed by atoms with van der Waals surface area (Å²) >= 11 is 0. The predicted octanol–water partition coefficient (Wildman–Crippen LogP) is -1.36. The lowest BCUT2D eigenvalue weighted by molar-refractivity contribution is -0.176. The predicted molar refractivity (Wildman–Crippen MR) is 102 cm³/mol. The van der Waals surface area contributed by atoms with E-state index < -0.39 is 77.5 Å². The number of carbonyl (C=O) groups is 4. The zero-order valence-corrected chi connectivity index (χ0v) is 17.4. The minimum absolute atomic E-state index is 0.241. The van der Waals surface area contributed by atoms with Crippen molar-refractivity contribution in [3.05, 3.63) is 26.5 Å². The fourth-order valence-corrected chi connectivity index (χ4v) is 2.81. The van der Waals surface area contributed by atoms with Gasteiger partial charge in [0.2, 0.25) is 5.69 Å². The molecule has 0 spiro atoms. The van der Waals surface area contributed by atoms with E-state index in [-0.39, 0.29) is 6.42 Å². The summed E-state index contributed by atoms with van der Waals surface area (Å²) in [6.07, 6.45) is -1.88. The third-order valence-electron chi connectivity index (χ3n) is 4.54. The van der Waals surface area contributed by atoms with Gasteiger partial charge in [-0.2, -0.15) is 5.10 Å². The second kappa shape index (κ2) is 10.00. The van der Waals surface area contributed by atoms with E-state index >= 15 is 0 Å². The molecule has 1 aliphatic rings. The normalized spacial score (nSPS) is 24.3. The van der Waals surface area contributed by atoms with Crippen molar-refractivity contribution in [3.8, 4) is 0 Å². The average Bonchev–Trinajstić information content (AvgIpc) is 2.72. The Morgan fingerprint density at radius 3 is 2.48 bits per heavy atom. The zero-order chi connectivity index (χ0) is 23.3. The Balaban J connectivity index is 2.25. The molecule has 1 aromatic heterocycles. The Bertz CT molecular complexity index is 967. The van der Waals surface area contributed by atoms with Crippen LogP contribution >= 0.6 is 0 Å². The SMILES string of the molecule is CC[C@H]1C(=O)OC[C@H](NC(=O)c2n[nH]c(=O)[nH]c2=O)C(=O)O[C@@H](C)[C@@H]1OC(=O)C(C)C. The molecule has 4 atom stereocenters. The Hall–Kier alpha value is -3.51. The number of carbonyl (C=O) groups excluding carboxylic acids is 4. The molecule has 1 amide bonds. The van der Waals surface area contributed by atoms with Crippen LogP contribution in [0.1, 0.15) is 44.6 Å². The van der Waals surface area contributed by atoms with Crippen LogP contribution in [-0.2, 0) is 28.6 Å². The van der Waals surface area contributed by atoms with Crippen LogP contribution in [-0.4, -0.2) is 63.9 Å². The molecule has 13 heteroatoms. The number of aromatic amines is 2. The second-order valence-electron chi connectivity index (χ2n) is 7.22. The van der Waals surface area contributed by atoms with Gasteiger partial charge < -0.3 is 19.5 Å². The molecule has 170 valence electrons. The molecule has 1 aliphatic heterocycles. The third-order valence-corrected chi connectivity index (χ3v) is 4.54. The molecule has 0 aromatic carbocycles. The van der Waals surface area contributed by atoms with Gasteiger partial charge in [-0.1, -0.05) is 20.8 Å². The maximum atomic E-state index is 12.6. The van der Waals surface area contributed by atoms with Crippen LogP contribution in [0.2, 0.25) is 0 Å². The minimum Gasteiger partial charge on any atom is -0.463 e. The quantitative estimate of drug-likeness (QED) is 0.364. The number of rotatable bonds is 5. The molecule has 3 N–H and O–H groups in total. The van der Waals surface area contributed by atoms with Gasteiger partial charge in [0.1, 0.15) is 12.7 Å². The Labute approximate surface area is 175 Å². The smallest absolute Gasteiger partial charge is 0.342 e. The van der Waals surface area contributed by atoms with Crippen molar-refractivity contribution >= 4 is 23.8 Å². The minimum atomic E-state index is -1.47. The molecule has 13 nitrogen and oxygen atoms in total. The molecule has 0 radical (unpaired) electrons. The summed E-state index contributed by atoms with van der Waals surface area (Å²) in [5.41, 5.74) is -2.70. The summed E-state index contributed by atoms with van der Waals surface area (Å²) in [7, 11) is 0. The van der Waals surface area contributed by atoms with Crippen LogP contribution in [0, 0.1) is 11.8 Å². The van der Waals surface area contributed by atoms with E-state index in [4.69, 9.17) is 14.2 Å². The van der Waals surface area contributed by atoms with Crippen molar-refractivity contribution in [1.82, 2.24) is 20.5 Å². The van der Waals surface area contributed by atoms with Crippen molar-refractivity contribution in [2.75, 3.05) is 6.61 Å². The number of hydrogen-bond acceptors (Lipinski definition) is 10. The lowest BCUT2D eigenvalue weighted by atomic mass is 9.95. The lowest BCUT2D eigenvalue weighted by Crippen LogP contribution is -2.48. The highest BCUT2D eigenvalue weighted by atomic mass is 16.6. The molecular weight excluding hydrogens is 416 g/mol. The van der Waals surface area contributed by atoms with Crippen LogP contribution in [0.4, 0.5) is 0 Å². The zero-order valence-electron chi connectivity index (χ0n) is 17.4. The van der Waals surface area contributed by atoms with Gasteiger partial charge >= 0.3 is 23.6 Å². The van der Waals surface area contributed by atoms with Crippen LogP contribution in [0.3, 0.4) is 0 Å². The highest BCUT2D eigenvalue weighted by Crippen LogP contribution is 2.23. The number of hydrogen-bond donors (Lipinski definition) is 3. The molecule has 0 unspecified atom stereocenters. The largest absolute Gasteiger partial charge is 0.463 e. The van der Waals surface area contributed by atoms with Crippen LogP contribution in [0.25, 0.3) is 0 Å². The van der Waals surface area contributed by atoms with Gasteiger partial charge in [-0.3, -0.25) is 24.2 Å². The first kappa shape index (κ1) is 23.8. The van der Waals surface area contributed by atoms with Gasteiger partial charge in [0.25, 0.3) is 11.5 Å². The number of ether oxygens (including phenoxy) is 3. The average molecular weight is 440 g/mol. The molecule has 1 aromatic rings. The fourth-order valence-electron chi connectivity index (χ4n) is 2.81. The molecule has 0 saturated carbocycles. The maximum Gasteiger partial charge on any atom is 0.342 e. The van der Waals surface area contributed by atoms with Crippen LogP contribution in [0.15, 0.2) is 9.59 Å². The maximum absolute atomic E-state index is 12.6. The number of amides is 1. The monoisotopic (exact) mass is 440 g/mol. The van der Waals surface area contributed by atoms with Gasteiger partial charge in [0.05, 0.1) is 11.8 Å². The second-order valence-corrected chi connectivity index (χ2v) is 7.22. The van der Waals surface area contributed by atoms with Crippen molar-refractivity contribution < 1.29 is 33.4 Å². The van der Waals surface area contributed by atoms with Crippen LogP contribution in [0.5, 0.6) is 0 Å². The number of nitrogens with zero attached hydrogens (tertiary/aromatic N) is 1. The van der Waals surface area contributed by atoms with Crippen molar-refractivity contribution in [3.63, 3.8) is 0 Å². The van der Waals surface area contributed by atoms with Gasteiger partial charge in [-0.05, 0) is 13.3 Å². The summed E-state index contributed by atoms with van der Waals surface area (Å²) in [6, 6.07) is -1.47. The number of aromatic nitrogens is 3. The summed E-state index contributed by atoms with van der Waals surface area (Å²) in [6.45, 7) is 5.78. The van der Waals surface area contributed by atoms with Gasteiger partial charge in [-0.15, -0.1) is 0 Å². The Kier molecular flexibility index (Phi) is 7.67. The fraction of sp³-hybridized carbons (Fsp3) is 0.611. The molecule has 31 heavy (non-hydrogen) atoms. The Morgan fingerprint density at radius 1 is 1.23 bits per heavy atom. The van der Waals surface area contributed by atoms with E-state index in [2.05, 4.69) is 10.4 Å². The third kappa shape index (κ3) is 5.77. The van der Waals surface area contributed by atoms with E-state index in [0.717, 1.165) is 0 Å². The summed E-state index contributed by atoms with van der Waals surface area (Å²) in [5.74, 6) is -4.77. The van der Waals surface area contributed by atoms with Gasteiger partial charge in [-0.25, -0.2) is 14.7 Å². The van der Waals surface area contributed by atoms with E-state index in [9.17, 15) is 28.8 Å². The number of esters is 3. The van der Waals surface area contributed by atoms with Crippen molar-refractivity contribution in [1.29, 1.82) is 0 Å². The van der Waals surface area contributed by atoms with Crippen molar-refractivity contribution in [2.45, 2.75) is 52.4 Å². The standard InChI is InChI=1S/C18H24N4O9/c1-5-9-12(31-15(25)7(2)3)8(4)30-17(27)10(6-29-16(9)26)19-13(23)11-14(24)20-18(28)22-21-11/h7-10,12H,5-6H2,1-4H3,(H,19,23)(H2,20,22,24,28)/t8-,9+,10-,12-/m0/s1. The molecule has 0 bridgehead atoms. The first-order chi connectivity index (χ1) is 14.5. The summed E-state index contributed by atoms with van der Waals surface area (Å²) in [5, 5.41) is 7.41. The van der Waals surface area contributed by atoms with Gasteiger partial charge in [0, 0.05) is 0 Å². The highest BCUT2D eigenvalue weighted by molar-refractivity contribution is 5.95. The molecule has 2 heterocycles. The topological polar surface area (TPSA) is 187 Å². The highest BCUT2D eigenvalue weighted by Gasteiger charge is 2.41. The molecule has 1 fully saturated rings. The molecular formula is C18H24N4O9. The first-order valence-corrected chi connectivity index (χ1v) is 9.62. The van der Waals surface area contributed by atoms with E-state index in [1.54, 1.807) is 20.8 Å². The summed E-state index contributed by atoms with van der Waals surface area (Å²) in [4.78, 5) is 74.1. The number of nitrogens with one attached hydrogen (secondary N) is 3. The van der Waals surface area contributed by atoms with E-state index in [1.165, 1.54) is 6.92 Å².